The van der Waals surface area contributed by atoms with Crippen LogP contribution in [0.2, 0.25) is 0 Å². The van der Waals surface area contributed by atoms with Crippen molar-refractivity contribution in [3.05, 3.63) is 150 Å². The lowest BCUT2D eigenvalue weighted by Crippen LogP contribution is -2.15. The molecular weight excluding hydrogens is 540 g/mol. The first-order valence-electron chi connectivity index (χ1n) is 12.8. The van der Waals surface area contributed by atoms with Crippen molar-refractivity contribution in [3.8, 4) is 5.75 Å². The fraction of sp³-hybridized carbons (Fsp3) is 0.0968. The minimum atomic E-state index is -0.723. The molecule has 1 heterocycles. The highest BCUT2D eigenvalue weighted by molar-refractivity contribution is 6.02. The number of non-ortho nitro benzene ring substituents is 1. The molecule has 42 heavy (non-hydrogen) atoms. The van der Waals surface area contributed by atoms with Gasteiger partial charge in [0.2, 0.25) is 0 Å². The number of fused-ring (bicyclic) bond motifs is 1. The second kappa shape index (κ2) is 12.1. The summed E-state index contributed by atoms with van der Waals surface area (Å²) in [5.41, 5.74) is 5.21. The summed E-state index contributed by atoms with van der Waals surface area (Å²) in [6.07, 6.45) is 0.458. The molecule has 1 aromatic heterocycles. The van der Waals surface area contributed by atoms with E-state index in [1.807, 2.05) is 49.4 Å². The lowest BCUT2D eigenvalue weighted by atomic mass is 10.00. The predicted molar refractivity (Wildman–Crippen MR) is 158 cm³/mol. The van der Waals surface area contributed by atoms with Gasteiger partial charge >= 0.3 is 11.3 Å². The molecule has 0 saturated carbocycles. The van der Waals surface area contributed by atoms with E-state index in [1.165, 1.54) is 6.07 Å². The predicted octanol–water partition coefficient (Wildman–Crippen LogP) is 6.40. The number of aryl methyl sites for hydroxylation is 1. The third-order valence-electron chi connectivity index (χ3n) is 6.67. The van der Waals surface area contributed by atoms with Crippen molar-refractivity contribution < 1.29 is 19.0 Å². The van der Waals surface area contributed by atoms with Gasteiger partial charge in [0.15, 0.2) is 0 Å². The van der Waals surface area contributed by atoms with E-state index in [-0.39, 0.29) is 12.3 Å². The van der Waals surface area contributed by atoms with E-state index in [0.717, 1.165) is 28.6 Å². The molecule has 11 nitrogen and oxygen atoms in total. The molecule has 0 atom stereocenters. The van der Waals surface area contributed by atoms with Crippen molar-refractivity contribution >= 4 is 33.7 Å². The molecule has 210 valence electrons. The molecule has 11 heteroatoms. The number of hydrazone groups is 1. The van der Waals surface area contributed by atoms with Crippen LogP contribution >= 0.6 is 0 Å². The van der Waals surface area contributed by atoms with Gasteiger partial charge in [-0.2, -0.15) is 5.10 Å². The van der Waals surface area contributed by atoms with Crippen LogP contribution in [-0.4, -0.2) is 22.2 Å². The van der Waals surface area contributed by atoms with Gasteiger partial charge in [0.05, 0.1) is 15.9 Å². The molecule has 0 spiro atoms. The Bertz CT molecular complexity index is 1870. The standard InChI is InChI=1S/C31H24N4O7/c1-20-25-14-13-24(18-30(25)42-31(36)26(20)16-21-8-4-2-5-9-21)41-19-28(22-10-6-3-7-11-22)33-32-27-15-12-23(34(37)38)17-29(27)35(39)40/h2-15,17-18,32H,16,19H2,1H3. The van der Waals surface area contributed by atoms with Gasteiger partial charge in [0.1, 0.15) is 29.3 Å². The summed E-state index contributed by atoms with van der Waals surface area (Å²) in [6.45, 7) is 1.85. The summed E-state index contributed by atoms with van der Waals surface area (Å²) in [7, 11) is 0. The molecule has 0 amide bonds. The van der Waals surface area contributed by atoms with E-state index >= 15 is 0 Å². The van der Waals surface area contributed by atoms with Crippen LogP contribution < -0.4 is 15.8 Å². The highest BCUT2D eigenvalue weighted by atomic mass is 16.6. The summed E-state index contributed by atoms with van der Waals surface area (Å²) < 4.78 is 11.7. The zero-order valence-electron chi connectivity index (χ0n) is 22.4. The van der Waals surface area contributed by atoms with Crippen LogP contribution in [0.3, 0.4) is 0 Å². The molecule has 0 unspecified atom stereocenters. The van der Waals surface area contributed by atoms with Crippen LogP contribution in [0.15, 0.2) is 111 Å². The fourth-order valence-electron chi connectivity index (χ4n) is 4.44. The van der Waals surface area contributed by atoms with Gasteiger partial charge in [-0.3, -0.25) is 25.7 Å². The molecule has 0 bridgehead atoms. The van der Waals surface area contributed by atoms with Crippen LogP contribution in [0.1, 0.15) is 22.3 Å². The monoisotopic (exact) mass is 564 g/mol. The van der Waals surface area contributed by atoms with Crippen LogP contribution in [0, 0.1) is 27.2 Å². The first kappa shape index (κ1) is 27.7. The van der Waals surface area contributed by atoms with Gasteiger partial charge in [-0.05, 0) is 36.2 Å². The largest absolute Gasteiger partial charge is 0.487 e. The van der Waals surface area contributed by atoms with Crippen LogP contribution in [-0.2, 0) is 6.42 Å². The molecule has 0 fully saturated rings. The molecule has 5 rings (SSSR count). The Hall–Kier alpha value is -5.84. The summed E-state index contributed by atoms with van der Waals surface area (Å²) in [5, 5.41) is 27.7. The maximum atomic E-state index is 12.9. The minimum Gasteiger partial charge on any atom is -0.487 e. The number of nitrogens with one attached hydrogen (secondary N) is 1. The minimum absolute atomic E-state index is 0.0201. The molecule has 5 aromatic rings. The second-order valence-corrected chi connectivity index (χ2v) is 9.35. The zero-order valence-corrected chi connectivity index (χ0v) is 22.4. The smallest absolute Gasteiger partial charge is 0.340 e. The van der Waals surface area contributed by atoms with Gasteiger partial charge in [-0.15, -0.1) is 0 Å². The Balaban J connectivity index is 1.41. The Labute approximate surface area is 239 Å². The number of benzene rings is 4. The molecule has 0 aliphatic rings. The molecule has 0 radical (unpaired) electrons. The van der Waals surface area contributed by atoms with Gasteiger partial charge in [0, 0.05) is 35.1 Å². The number of ether oxygens (including phenoxy) is 1. The fourth-order valence-corrected chi connectivity index (χ4v) is 4.44. The van der Waals surface area contributed by atoms with Crippen LogP contribution in [0.25, 0.3) is 11.0 Å². The number of nitro groups is 2. The molecule has 0 aliphatic carbocycles. The Morgan fingerprint density at radius 1 is 0.905 bits per heavy atom. The average molecular weight is 565 g/mol. The van der Waals surface area contributed by atoms with Crippen molar-refractivity contribution in [3.63, 3.8) is 0 Å². The van der Waals surface area contributed by atoms with Crippen LogP contribution in [0.4, 0.5) is 17.1 Å². The van der Waals surface area contributed by atoms with E-state index in [9.17, 15) is 25.0 Å². The number of nitro benzene ring substituents is 2. The van der Waals surface area contributed by atoms with Crippen molar-refractivity contribution in [1.82, 2.24) is 0 Å². The number of anilines is 1. The summed E-state index contributed by atoms with van der Waals surface area (Å²) >= 11 is 0. The molecule has 1 N–H and O–H groups in total. The van der Waals surface area contributed by atoms with Crippen molar-refractivity contribution in [2.45, 2.75) is 13.3 Å². The normalized spacial score (nSPS) is 11.3. The topological polar surface area (TPSA) is 150 Å². The Kier molecular flexibility index (Phi) is 8.00. The Morgan fingerprint density at radius 2 is 1.62 bits per heavy atom. The van der Waals surface area contributed by atoms with Crippen LogP contribution in [0.5, 0.6) is 5.75 Å². The highest BCUT2D eigenvalue weighted by Crippen LogP contribution is 2.29. The zero-order chi connectivity index (χ0) is 29.6. The Morgan fingerprint density at radius 3 is 2.31 bits per heavy atom. The van der Waals surface area contributed by atoms with E-state index in [2.05, 4.69) is 10.5 Å². The maximum Gasteiger partial charge on any atom is 0.340 e. The number of hydrogen-bond acceptors (Lipinski definition) is 9. The third-order valence-corrected chi connectivity index (χ3v) is 6.67. The van der Waals surface area contributed by atoms with Crippen molar-refractivity contribution in [2.24, 2.45) is 5.10 Å². The highest BCUT2D eigenvalue weighted by Gasteiger charge is 2.20. The lowest BCUT2D eigenvalue weighted by molar-refractivity contribution is -0.393. The van der Waals surface area contributed by atoms with E-state index < -0.39 is 26.8 Å². The number of rotatable bonds is 10. The van der Waals surface area contributed by atoms with Crippen molar-refractivity contribution in [1.29, 1.82) is 0 Å². The van der Waals surface area contributed by atoms with Gasteiger partial charge in [0.25, 0.3) is 5.69 Å². The number of nitrogens with zero attached hydrogens (tertiary/aromatic N) is 3. The van der Waals surface area contributed by atoms with E-state index in [0.29, 0.717) is 34.6 Å². The summed E-state index contributed by atoms with van der Waals surface area (Å²) in [6, 6.07) is 27.2. The molecular formula is C31H24N4O7. The molecule has 4 aromatic carbocycles. The molecule has 0 aliphatic heterocycles. The first-order chi connectivity index (χ1) is 20.3. The maximum absolute atomic E-state index is 12.9. The van der Waals surface area contributed by atoms with E-state index in [4.69, 9.17) is 9.15 Å². The number of hydrogen-bond donors (Lipinski definition) is 1. The van der Waals surface area contributed by atoms with Gasteiger partial charge < -0.3 is 9.15 Å². The lowest BCUT2D eigenvalue weighted by Gasteiger charge is -2.12. The van der Waals surface area contributed by atoms with Gasteiger partial charge in [-0.1, -0.05) is 60.7 Å². The second-order valence-electron chi connectivity index (χ2n) is 9.35. The SMILES string of the molecule is Cc1c(Cc2ccccc2)c(=O)oc2cc(OCC(=NNc3ccc([N+](=O)[O-])cc3[N+](=O)[O-])c3ccccc3)ccc12. The third kappa shape index (κ3) is 6.15. The van der Waals surface area contributed by atoms with Crippen molar-refractivity contribution in [2.75, 3.05) is 12.0 Å². The average Bonchev–Trinajstić information content (AvgIpc) is 3.00. The quantitative estimate of drug-likeness (QED) is 0.0885. The molecule has 0 saturated heterocycles. The van der Waals surface area contributed by atoms with Gasteiger partial charge in [-0.25, -0.2) is 4.79 Å². The first-order valence-corrected chi connectivity index (χ1v) is 12.8. The summed E-state index contributed by atoms with van der Waals surface area (Å²) in [5.74, 6) is 0.422. The summed E-state index contributed by atoms with van der Waals surface area (Å²) in [4.78, 5) is 34.0. The van der Waals surface area contributed by atoms with E-state index in [1.54, 1.807) is 36.4 Å².